The Morgan fingerprint density at radius 1 is 0.882 bits per heavy atom. The number of aryl methyl sites for hydroxylation is 2. The maximum atomic E-state index is 14.1. The number of nitrogens with zero attached hydrogens (tertiary/aromatic N) is 8. The lowest BCUT2D eigenvalue weighted by Crippen LogP contribution is -2.57. The number of nitrogens with one attached hydrogen (secondary N) is 2. The van der Waals surface area contributed by atoms with Crippen LogP contribution < -0.4 is 25.3 Å². The molecule has 13 heteroatoms. The summed E-state index contributed by atoms with van der Waals surface area (Å²) < 4.78 is 0. The number of carbonyl (C=O) groups excluding carboxylic acids is 1. The zero-order chi connectivity index (χ0) is 34.8. The van der Waals surface area contributed by atoms with Crippen molar-refractivity contribution >= 4 is 57.9 Å². The highest BCUT2D eigenvalue weighted by atomic mass is 35.5. The third-order valence-electron chi connectivity index (χ3n) is 10.3. The van der Waals surface area contributed by atoms with E-state index in [2.05, 4.69) is 48.6 Å². The molecule has 2 N–H and O–H groups in total. The molecular formula is C38H36Cl2N10O. The van der Waals surface area contributed by atoms with Crippen LogP contribution in [0.15, 0.2) is 67.1 Å². The molecule has 2 amide bonds. The summed E-state index contributed by atoms with van der Waals surface area (Å²) >= 11 is 14.0. The number of halogens is 2. The highest BCUT2D eigenvalue weighted by Gasteiger charge is 2.43. The maximum absolute atomic E-state index is 14.1. The van der Waals surface area contributed by atoms with Crippen molar-refractivity contribution in [1.29, 1.82) is 0 Å². The Morgan fingerprint density at radius 2 is 1.71 bits per heavy atom. The number of piperidine rings is 2. The summed E-state index contributed by atoms with van der Waals surface area (Å²) in [7, 11) is 0. The number of anilines is 5. The zero-order valence-electron chi connectivity index (χ0n) is 28.3. The predicted octanol–water partition coefficient (Wildman–Crippen LogP) is 8.08. The number of hydrogen-bond acceptors (Lipinski definition) is 9. The van der Waals surface area contributed by atoms with Crippen LogP contribution in [0.2, 0.25) is 10.0 Å². The second-order valence-corrected chi connectivity index (χ2v) is 14.6. The van der Waals surface area contributed by atoms with Crippen LogP contribution in [-0.2, 0) is 0 Å². The van der Waals surface area contributed by atoms with Gasteiger partial charge in [0.25, 0.3) is 0 Å². The Hall–Kier alpha value is -5.00. The number of carbonyl (C=O) groups is 1. The summed E-state index contributed by atoms with van der Waals surface area (Å²) in [5, 5.41) is 7.80. The molecule has 3 atom stereocenters. The fourth-order valence-electron chi connectivity index (χ4n) is 8.08. The molecule has 4 aliphatic heterocycles. The van der Waals surface area contributed by atoms with Crippen molar-refractivity contribution in [3.05, 3.63) is 94.2 Å². The maximum Gasteiger partial charge on any atom is 0.327 e. The van der Waals surface area contributed by atoms with Crippen LogP contribution in [0, 0.1) is 13.8 Å². The minimum Gasteiger partial charge on any atom is -0.366 e. The summed E-state index contributed by atoms with van der Waals surface area (Å²) in [6.45, 7) is 6.53. The van der Waals surface area contributed by atoms with Crippen LogP contribution in [-0.4, -0.2) is 62.7 Å². The van der Waals surface area contributed by atoms with Gasteiger partial charge in [-0.2, -0.15) is 0 Å². The van der Waals surface area contributed by atoms with Crippen molar-refractivity contribution in [3.63, 3.8) is 0 Å². The number of aromatic nitrogens is 5. The van der Waals surface area contributed by atoms with E-state index in [4.69, 9.17) is 38.2 Å². The number of urea groups is 1. The minimum atomic E-state index is -0.266. The number of fused-ring (bicyclic) bond motifs is 8. The molecule has 258 valence electrons. The van der Waals surface area contributed by atoms with Gasteiger partial charge in [0.05, 0.1) is 62.5 Å². The standard InChI is InChI=1S/C38H36Cl2N10O/c1-21-13-23(9-11-42-21)34-29(40)17-33-37(47-34)50(38(51)45-25-5-3-10-41-18-25)27-7-8-31(49(33)20-27)30-15-24(14-22(2)43-30)35-28(39)16-32-36(46-35)44-26-6-4-12-48(32)19-26/h3,5,9-11,13-18,26-27,31H,4,6-8,12,19-20H2,1-2H3,(H,44,46)(H,45,51)/t26-,27-,31?/m0/s1. The van der Waals surface area contributed by atoms with E-state index in [9.17, 15) is 4.79 Å². The van der Waals surface area contributed by atoms with Crippen LogP contribution >= 0.6 is 23.2 Å². The Balaban J connectivity index is 1.12. The van der Waals surface area contributed by atoms with Gasteiger partial charge in [0.15, 0.2) is 11.6 Å². The van der Waals surface area contributed by atoms with E-state index in [0.717, 1.165) is 89.9 Å². The summed E-state index contributed by atoms with van der Waals surface area (Å²) in [4.78, 5) is 44.4. The van der Waals surface area contributed by atoms with Gasteiger partial charge in [-0.1, -0.05) is 23.2 Å². The van der Waals surface area contributed by atoms with E-state index in [1.54, 1.807) is 29.6 Å². The summed E-state index contributed by atoms with van der Waals surface area (Å²) in [5.41, 5.74) is 8.18. The Labute approximate surface area is 306 Å². The van der Waals surface area contributed by atoms with E-state index >= 15 is 0 Å². The normalized spacial score (nSPS) is 20.3. The van der Waals surface area contributed by atoms with Gasteiger partial charge in [0.2, 0.25) is 0 Å². The van der Waals surface area contributed by atoms with E-state index in [1.807, 2.05) is 38.1 Å². The fourth-order valence-corrected chi connectivity index (χ4v) is 8.59. The lowest BCUT2D eigenvalue weighted by molar-refractivity contribution is 0.251. The zero-order valence-corrected chi connectivity index (χ0v) is 29.8. The van der Waals surface area contributed by atoms with Crippen molar-refractivity contribution < 1.29 is 4.79 Å². The first-order valence-electron chi connectivity index (χ1n) is 17.4. The van der Waals surface area contributed by atoms with Crippen LogP contribution in [0.4, 0.5) is 33.5 Å². The molecule has 9 heterocycles. The summed E-state index contributed by atoms with van der Waals surface area (Å²) in [5.74, 6) is 1.43. The number of amides is 2. The second kappa shape index (κ2) is 12.6. The molecule has 51 heavy (non-hydrogen) atoms. The minimum absolute atomic E-state index is 0.0888. The first kappa shape index (κ1) is 31.9. The molecule has 0 aromatic carbocycles. The molecule has 9 rings (SSSR count). The highest BCUT2D eigenvalue weighted by Crippen LogP contribution is 2.48. The first-order valence-corrected chi connectivity index (χ1v) is 18.2. The smallest absolute Gasteiger partial charge is 0.327 e. The molecule has 5 aromatic rings. The molecule has 1 unspecified atom stereocenters. The fraction of sp³-hybridized carbons (Fsp3) is 0.316. The molecular weight excluding hydrogens is 683 g/mol. The molecule has 0 spiro atoms. The molecule has 2 fully saturated rings. The predicted molar refractivity (Wildman–Crippen MR) is 202 cm³/mol. The van der Waals surface area contributed by atoms with Gasteiger partial charge in [-0.25, -0.2) is 14.8 Å². The quantitative estimate of drug-likeness (QED) is 0.190. The number of rotatable bonds is 4. The van der Waals surface area contributed by atoms with E-state index < -0.39 is 0 Å². The van der Waals surface area contributed by atoms with Gasteiger partial charge in [0.1, 0.15) is 0 Å². The van der Waals surface area contributed by atoms with E-state index in [-0.39, 0.29) is 18.1 Å². The summed E-state index contributed by atoms with van der Waals surface area (Å²) in [6.07, 6.45) is 8.87. The molecule has 0 saturated carbocycles. The molecule has 2 saturated heterocycles. The van der Waals surface area contributed by atoms with Crippen molar-refractivity contribution in [1.82, 2.24) is 24.9 Å². The largest absolute Gasteiger partial charge is 0.366 e. The average Bonchev–Trinajstić information content (AvgIpc) is 3.12. The highest BCUT2D eigenvalue weighted by molar-refractivity contribution is 6.34. The average molecular weight is 720 g/mol. The number of hydrogen-bond donors (Lipinski definition) is 2. The lowest BCUT2D eigenvalue weighted by Gasteiger charge is -2.49. The SMILES string of the molecule is Cc1cc(-c2nc3c(cc2Cl)N2C[C@H](CCC2c2cc(-c4nc5c(cc4Cl)N4CCC[C@@H](C4)N5)cc(C)n2)N3C(=O)Nc2cccnc2)ccn1. The van der Waals surface area contributed by atoms with Crippen LogP contribution in [0.3, 0.4) is 0 Å². The third kappa shape index (κ3) is 5.78. The van der Waals surface area contributed by atoms with Gasteiger partial charge in [0, 0.05) is 60.6 Å². The number of pyridine rings is 5. The Bertz CT molecular complexity index is 2180. The van der Waals surface area contributed by atoms with Crippen molar-refractivity contribution in [2.75, 3.05) is 45.0 Å². The monoisotopic (exact) mass is 718 g/mol. The van der Waals surface area contributed by atoms with Gasteiger partial charge < -0.3 is 20.4 Å². The topological polar surface area (TPSA) is 115 Å². The Morgan fingerprint density at radius 3 is 2.53 bits per heavy atom. The van der Waals surface area contributed by atoms with Crippen LogP contribution in [0.25, 0.3) is 22.5 Å². The first-order chi connectivity index (χ1) is 24.8. The molecule has 0 radical (unpaired) electrons. The van der Waals surface area contributed by atoms with Crippen molar-refractivity contribution in [3.8, 4) is 22.5 Å². The summed E-state index contributed by atoms with van der Waals surface area (Å²) in [6, 6.07) is 15.5. The molecule has 4 aliphatic rings. The molecule has 0 aliphatic carbocycles. The van der Waals surface area contributed by atoms with Crippen LogP contribution in [0.5, 0.6) is 0 Å². The van der Waals surface area contributed by atoms with Gasteiger partial charge in [-0.15, -0.1) is 0 Å². The van der Waals surface area contributed by atoms with Gasteiger partial charge >= 0.3 is 6.03 Å². The third-order valence-corrected chi connectivity index (χ3v) is 10.9. The molecule has 4 bridgehead atoms. The van der Waals surface area contributed by atoms with Crippen molar-refractivity contribution in [2.45, 2.75) is 57.7 Å². The lowest BCUT2D eigenvalue weighted by atomic mass is 9.90. The van der Waals surface area contributed by atoms with E-state index in [1.165, 1.54) is 0 Å². The second-order valence-electron chi connectivity index (χ2n) is 13.8. The molecule has 5 aromatic heterocycles. The van der Waals surface area contributed by atoms with Crippen molar-refractivity contribution in [2.24, 2.45) is 0 Å². The molecule has 11 nitrogen and oxygen atoms in total. The van der Waals surface area contributed by atoms with Crippen LogP contribution in [0.1, 0.15) is 48.8 Å². The van der Waals surface area contributed by atoms with Gasteiger partial charge in [-0.3, -0.25) is 19.9 Å². The van der Waals surface area contributed by atoms with Gasteiger partial charge in [-0.05, 0) is 88.1 Å². The van der Waals surface area contributed by atoms with E-state index in [0.29, 0.717) is 39.8 Å². The Kier molecular flexibility index (Phi) is 7.92.